The van der Waals surface area contributed by atoms with E-state index < -0.39 is 15.8 Å². The van der Waals surface area contributed by atoms with E-state index in [2.05, 4.69) is 15.9 Å². The van der Waals surface area contributed by atoms with Crippen LogP contribution in [0.25, 0.3) is 0 Å². The molecule has 0 heterocycles. The summed E-state index contributed by atoms with van der Waals surface area (Å²) in [7, 11) is -0.903. The van der Waals surface area contributed by atoms with Gasteiger partial charge < -0.3 is 4.74 Å². The first-order chi connectivity index (χ1) is 10.3. The predicted molar refractivity (Wildman–Crippen MR) is 85.7 cm³/mol. The number of nitrogens with zero attached hydrogens (tertiary/aromatic N) is 1. The van der Waals surface area contributed by atoms with Gasteiger partial charge in [-0.05, 0) is 35.9 Å². The molecule has 0 atom stereocenters. The second-order valence-electron chi connectivity index (χ2n) is 4.69. The molecule has 7 heteroatoms. The van der Waals surface area contributed by atoms with Crippen LogP contribution in [-0.4, -0.2) is 26.9 Å². The zero-order valence-corrected chi connectivity index (χ0v) is 14.5. The van der Waals surface area contributed by atoms with Gasteiger partial charge in [0, 0.05) is 18.1 Å². The van der Waals surface area contributed by atoms with E-state index >= 15 is 0 Å². The molecule has 0 radical (unpaired) electrons. The molecule has 0 aliphatic heterocycles. The summed E-state index contributed by atoms with van der Waals surface area (Å²) in [5.74, 6) is -0.141. The zero-order chi connectivity index (χ0) is 16.3. The van der Waals surface area contributed by atoms with Crippen LogP contribution in [0.5, 0.6) is 5.75 Å². The van der Waals surface area contributed by atoms with Gasteiger partial charge in [0.05, 0.1) is 7.11 Å². The van der Waals surface area contributed by atoms with E-state index in [1.54, 1.807) is 24.3 Å². The van der Waals surface area contributed by atoms with Crippen LogP contribution >= 0.6 is 15.9 Å². The predicted octanol–water partition coefficient (Wildman–Crippen LogP) is 3.42. The van der Waals surface area contributed by atoms with Gasteiger partial charge in [0.2, 0.25) is 10.0 Å². The Morgan fingerprint density at radius 2 is 1.95 bits per heavy atom. The summed E-state index contributed by atoms with van der Waals surface area (Å²) in [5.41, 5.74) is 0.569. The van der Waals surface area contributed by atoms with Crippen molar-refractivity contribution < 1.29 is 17.5 Å². The molecular formula is C15H15BrFNO3S. The minimum Gasteiger partial charge on any atom is -0.495 e. The highest BCUT2D eigenvalue weighted by molar-refractivity contribution is 9.10. The number of benzene rings is 2. The average Bonchev–Trinajstić information content (AvgIpc) is 2.47. The Morgan fingerprint density at radius 3 is 2.59 bits per heavy atom. The zero-order valence-electron chi connectivity index (χ0n) is 12.1. The highest BCUT2D eigenvalue weighted by Crippen LogP contribution is 2.29. The van der Waals surface area contributed by atoms with Crippen LogP contribution in [0.15, 0.2) is 51.8 Å². The van der Waals surface area contributed by atoms with E-state index in [0.29, 0.717) is 10.0 Å². The SMILES string of the molecule is COc1ccc(Br)cc1S(=O)(=O)N(C)Cc1cccc(F)c1. The van der Waals surface area contributed by atoms with Gasteiger partial charge in [-0.1, -0.05) is 28.1 Å². The summed E-state index contributed by atoms with van der Waals surface area (Å²) in [6.45, 7) is 0.0652. The summed E-state index contributed by atoms with van der Waals surface area (Å²) in [5, 5.41) is 0. The van der Waals surface area contributed by atoms with Gasteiger partial charge in [-0.3, -0.25) is 0 Å². The molecule has 0 aliphatic carbocycles. The molecule has 0 saturated heterocycles. The van der Waals surface area contributed by atoms with E-state index in [0.717, 1.165) is 4.31 Å². The fraction of sp³-hybridized carbons (Fsp3) is 0.200. The van der Waals surface area contributed by atoms with Crippen molar-refractivity contribution in [3.05, 3.63) is 58.3 Å². The molecule has 0 N–H and O–H groups in total. The molecule has 118 valence electrons. The fourth-order valence-electron chi connectivity index (χ4n) is 2.00. The Morgan fingerprint density at radius 1 is 1.23 bits per heavy atom. The molecule has 0 amide bonds. The maximum absolute atomic E-state index is 13.2. The van der Waals surface area contributed by atoms with Crippen molar-refractivity contribution in [3.63, 3.8) is 0 Å². The molecule has 2 aromatic rings. The largest absolute Gasteiger partial charge is 0.495 e. The fourth-order valence-corrected chi connectivity index (χ4v) is 3.85. The monoisotopic (exact) mass is 387 g/mol. The maximum Gasteiger partial charge on any atom is 0.246 e. The van der Waals surface area contributed by atoms with Crippen LogP contribution in [0, 0.1) is 5.82 Å². The first kappa shape index (κ1) is 16.9. The molecule has 2 rings (SSSR count). The minimum atomic E-state index is -3.76. The van der Waals surface area contributed by atoms with Gasteiger partial charge in [0.1, 0.15) is 16.5 Å². The number of hydrogen-bond donors (Lipinski definition) is 0. The van der Waals surface area contributed by atoms with Crippen LogP contribution in [0.2, 0.25) is 0 Å². The highest BCUT2D eigenvalue weighted by Gasteiger charge is 2.25. The van der Waals surface area contributed by atoms with Crippen molar-refractivity contribution in [1.29, 1.82) is 0 Å². The van der Waals surface area contributed by atoms with Crippen LogP contribution in [0.3, 0.4) is 0 Å². The van der Waals surface area contributed by atoms with Gasteiger partial charge in [-0.25, -0.2) is 12.8 Å². The van der Waals surface area contributed by atoms with E-state index in [9.17, 15) is 12.8 Å². The first-order valence-corrected chi connectivity index (χ1v) is 8.62. The molecule has 4 nitrogen and oxygen atoms in total. The lowest BCUT2D eigenvalue weighted by atomic mass is 10.2. The Kier molecular flexibility index (Phi) is 5.20. The summed E-state index contributed by atoms with van der Waals surface area (Å²) in [6, 6.07) is 10.6. The Bertz CT molecular complexity index is 780. The van der Waals surface area contributed by atoms with Crippen LogP contribution in [0.4, 0.5) is 4.39 Å². The minimum absolute atomic E-state index is 0.0586. The smallest absolute Gasteiger partial charge is 0.246 e. The standard InChI is InChI=1S/C15H15BrFNO3S/c1-18(10-11-4-3-5-13(17)8-11)22(19,20)15-9-12(16)6-7-14(15)21-2/h3-9H,10H2,1-2H3. The second-order valence-corrected chi connectivity index (χ2v) is 7.62. The normalized spacial score (nSPS) is 11.7. The summed E-state index contributed by atoms with van der Waals surface area (Å²) in [6.07, 6.45) is 0. The lowest BCUT2D eigenvalue weighted by Gasteiger charge is -2.19. The van der Waals surface area contributed by atoms with E-state index in [4.69, 9.17) is 4.74 Å². The lowest BCUT2D eigenvalue weighted by molar-refractivity contribution is 0.397. The molecule has 0 fully saturated rings. The molecule has 0 aromatic heterocycles. The number of sulfonamides is 1. The Balaban J connectivity index is 2.35. The second kappa shape index (κ2) is 6.76. The topological polar surface area (TPSA) is 46.6 Å². The summed E-state index contributed by atoms with van der Waals surface area (Å²) < 4.78 is 45.5. The van der Waals surface area contributed by atoms with Gasteiger partial charge in [0.15, 0.2) is 0 Å². The quantitative estimate of drug-likeness (QED) is 0.789. The third kappa shape index (κ3) is 3.66. The van der Waals surface area contributed by atoms with Gasteiger partial charge in [0.25, 0.3) is 0 Å². The molecule has 22 heavy (non-hydrogen) atoms. The third-order valence-corrected chi connectivity index (χ3v) is 5.43. The molecular weight excluding hydrogens is 373 g/mol. The van der Waals surface area contributed by atoms with Crippen molar-refractivity contribution in [2.45, 2.75) is 11.4 Å². The molecule has 2 aromatic carbocycles. The van der Waals surface area contributed by atoms with E-state index in [1.807, 2.05) is 0 Å². The molecule has 0 spiro atoms. The van der Waals surface area contributed by atoms with E-state index in [1.165, 1.54) is 32.4 Å². The maximum atomic E-state index is 13.2. The Hall–Kier alpha value is -1.44. The van der Waals surface area contributed by atoms with Gasteiger partial charge in [-0.15, -0.1) is 0 Å². The first-order valence-electron chi connectivity index (χ1n) is 6.39. The lowest BCUT2D eigenvalue weighted by Crippen LogP contribution is -2.27. The highest BCUT2D eigenvalue weighted by atomic mass is 79.9. The van der Waals surface area contributed by atoms with Crippen LogP contribution in [-0.2, 0) is 16.6 Å². The van der Waals surface area contributed by atoms with Crippen LogP contribution < -0.4 is 4.74 Å². The van der Waals surface area contributed by atoms with E-state index in [-0.39, 0.29) is 17.2 Å². The van der Waals surface area contributed by atoms with Crippen LogP contribution in [0.1, 0.15) is 5.56 Å². The van der Waals surface area contributed by atoms with Crippen molar-refractivity contribution in [3.8, 4) is 5.75 Å². The molecule has 0 saturated carbocycles. The van der Waals surface area contributed by atoms with Crippen molar-refractivity contribution in [1.82, 2.24) is 4.31 Å². The summed E-state index contributed by atoms with van der Waals surface area (Å²) >= 11 is 3.26. The van der Waals surface area contributed by atoms with Crippen molar-refractivity contribution in [2.75, 3.05) is 14.2 Å². The van der Waals surface area contributed by atoms with Gasteiger partial charge in [-0.2, -0.15) is 4.31 Å². The average molecular weight is 388 g/mol. The number of ether oxygens (including phenoxy) is 1. The molecule has 0 unspecified atom stereocenters. The molecule has 0 bridgehead atoms. The Labute approximate surface area is 137 Å². The van der Waals surface area contributed by atoms with Crippen molar-refractivity contribution in [2.24, 2.45) is 0 Å². The van der Waals surface area contributed by atoms with Gasteiger partial charge >= 0.3 is 0 Å². The third-order valence-electron chi connectivity index (χ3n) is 3.11. The number of methoxy groups -OCH3 is 1. The number of rotatable bonds is 5. The number of hydrogen-bond acceptors (Lipinski definition) is 3. The summed E-state index contributed by atoms with van der Waals surface area (Å²) in [4.78, 5) is 0.0586. The van der Waals surface area contributed by atoms with Crippen molar-refractivity contribution >= 4 is 26.0 Å². The molecule has 0 aliphatic rings. The number of halogens is 2.